The van der Waals surface area contributed by atoms with Crippen molar-refractivity contribution in [2.45, 2.75) is 11.8 Å². The molecule has 0 radical (unpaired) electrons. The van der Waals surface area contributed by atoms with Crippen LogP contribution in [0.1, 0.15) is 12.5 Å². The SMILES string of the molecule is CC1C=C(c2ccc(Cl)c(Cl)c2)NN(S(=O)(=O)c2cc(Cl)ccc2Cl)C1. The number of rotatable bonds is 3. The fourth-order valence-electron chi connectivity index (χ4n) is 2.59. The lowest BCUT2D eigenvalue weighted by atomic mass is 10.1. The first kappa shape index (κ1) is 19.8. The maximum Gasteiger partial charge on any atom is 0.261 e. The number of nitrogens with one attached hydrogen (secondary N) is 1. The van der Waals surface area contributed by atoms with Crippen LogP contribution in [0, 0.1) is 5.92 Å². The van der Waals surface area contributed by atoms with Gasteiger partial charge < -0.3 is 5.43 Å². The molecule has 1 heterocycles. The van der Waals surface area contributed by atoms with E-state index < -0.39 is 10.0 Å². The standard InChI is InChI=1S/C17H14Cl4N2O2S/c1-10-6-16(11-2-4-13(19)15(21)7-11)22-23(9-10)26(24,25)17-8-12(18)3-5-14(17)20/h2-8,10,22H,9H2,1H3. The van der Waals surface area contributed by atoms with Gasteiger partial charge in [-0.1, -0.05) is 65.5 Å². The predicted molar refractivity (Wildman–Crippen MR) is 107 cm³/mol. The van der Waals surface area contributed by atoms with Gasteiger partial charge in [0.25, 0.3) is 10.0 Å². The summed E-state index contributed by atoms with van der Waals surface area (Å²) in [5.74, 6) is -0.0339. The molecule has 1 aliphatic heterocycles. The van der Waals surface area contributed by atoms with Crippen molar-refractivity contribution >= 4 is 62.1 Å². The minimum Gasteiger partial charge on any atom is -0.305 e. The van der Waals surface area contributed by atoms with Gasteiger partial charge in [0.05, 0.1) is 20.8 Å². The second kappa shape index (κ2) is 7.58. The zero-order valence-corrected chi connectivity index (χ0v) is 17.3. The Morgan fingerprint density at radius 2 is 1.69 bits per heavy atom. The predicted octanol–water partition coefficient (Wildman–Crippen LogP) is 5.49. The molecule has 0 aliphatic carbocycles. The summed E-state index contributed by atoms with van der Waals surface area (Å²) in [5, 5.41) is 1.21. The fourth-order valence-corrected chi connectivity index (χ4v) is 5.01. The third kappa shape index (κ3) is 3.98. The molecule has 0 bridgehead atoms. The molecule has 1 unspecified atom stereocenters. The van der Waals surface area contributed by atoms with Gasteiger partial charge in [0.2, 0.25) is 0 Å². The van der Waals surface area contributed by atoms with Gasteiger partial charge >= 0.3 is 0 Å². The van der Waals surface area contributed by atoms with Crippen LogP contribution in [0.2, 0.25) is 20.1 Å². The Morgan fingerprint density at radius 1 is 1.00 bits per heavy atom. The Hall–Kier alpha value is -0.950. The molecule has 1 aliphatic rings. The third-order valence-corrected chi connectivity index (χ3v) is 6.97. The molecule has 0 fully saturated rings. The van der Waals surface area contributed by atoms with Gasteiger partial charge in [-0.2, -0.15) is 0 Å². The molecular formula is C17H14Cl4N2O2S. The fraction of sp³-hybridized carbons (Fsp3) is 0.176. The summed E-state index contributed by atoms with van der Waals surface area (Å²) >= 11 is 24.1. The summed E-state index contributed by atoms with van der Waals surface area (Å²) < 4.78 is 27.3. The summed E-state index contributed by atoms with van der Waals surface area (Å²) in [5.41, 5.74) is 4.28. The van der Waals surface area contributed by atoms with Crippen LogP contribution in [0.25, 0.3) is 5.70 Å². The molecular weight excluding hydrogens is 438 g/mol. The lowest BCUT2D eigenvalue weighted by Crippen LogP contribution is -2.46. The lowest BCUT2D eigenvalue weighted by molar-refractivity contribution is 0.326. The first-order valence-electron chi connectivity index (χ1n) is 7.60. The van der Waals surface area contributed by atoms with Crippen LogP contribution in [-0.4, -0.2) is 19.4 Å². The van der Waals surface area contributed by atoms with Crippen molar-refractivity contribution in [1.82, 2.24) is 9.84 Å². The van der Waals surface area contributed by atoms with Crippen molar-refractivity contribution in [3.8, 4) is 0 Å². The number of sulfonamides is 1. The van der Waals surface area contributed by atoms with Gasteiger partial charge in [0.15, 0.2) is 0 Å². The summed E-state index contributed by atoms with van der Waals surface area (Å²) in [4.78, 5) is -0.0539. The normalized spacial score (nSPS) is 18.3. The van der Waals surface area contributed by atoms with E-state index in [1.807, 2.05) is 13.0 Å². The Labute approximate surface area is 172 Å². The highest BCUT2D eigenvalue weighted by Gasteiger charge is 2.31. The number of halogens is 4. The maximum atomic E-state index is 13.0. The number of hydrogen-bond donors (Lipinski definition) is 1. The van der Waals surface area contributed by atoms with Gasteiger partial charge in [-0.3, -0.25) is 0 Å². The zero-order valence-electron chi connectivity index (χ0n) is 13.5. The molecule has 1 atom stereocenters. The average Bonchev–Trinajstić information content (AvgIpc) is 2.58. The molecule has 1 N–H and O–H groups in total. The van der Waals surface area contributed by atoms with Crippen LogP contribution in [0.3, 0.4) is 0 Å². The van der Waals surface area contributed by atoms with E-state index in [2.05, 4.69) is 5.43 Å². The first-order chi connectivity index (χ1) is 12.2. The van der Waals surface area contributed by atoms with Crippen LogP contribution in [0.15, 0.2) is 47.4 Å². The van der Waals surface area contributed by atoms with Crippen LogP contribution >= 0.6 is 46.4 Å². The highest BCUT2D eigenvalue weighted by atomic mass is 35.5. The molecule has 0 saturated heterocycles. The smallest absolute Gasteiger partial charge is 0.261 e. The quantitative estimate of drug-likeness (QED) is 0.671. The van der Waals surface area contributed by atoms with Crippen LogP contribution in [-0.2, 0) is 10.0 Å². The van der Waals surface area contributed by atoms with Crippen LogP contribution in [0.4, 0.5) is 0 Å². The van der Waals surface area contributed by atoms with E-state index in [9.17, 15) is 8.42 Å². The monoisotopic (exact) mass is 450 g/mol. The molecule has 138 valence electrons. The van der Waals surface area contributed by atoms with E-state index in [0.717, 1.165) is 9.98 Å². The van der Waals surface area contributed by atoms with Gasteiger partial charge in [0.1, 0.15) is 4.90 Å². The van der Waals surface area contributed by atoms with Crippen molar-refractivity contribution in [2.24, 2.45) is 5.92 Å². The maximum absolute atomic E-state index is 13.0. The lowest BCUT2D eigenvalue weighted by Gasteiger charge is -2.32. The van der Waals surface area contributed by atoms with Gasteiger partial charge in [0, 0.05) is 17.1 Å². The van der Waals surface area contributed by atoms with Crippen molar-refractivity contribution in [1.29, 1.82) is 0 Å². The highest BCUT2D eigenvalue weighted by molar-refractivity contribution is 7.89. The van der Waals surface area contributed by atoms with E-state index in [1.165, 1.54) is 18.2 Å². The number of nitrogens with zero attached hydrogens (tertiary/aromatic N) is 1. The Morgan fingerprint density at radius 3 is 2.38 bits per heavy atom. The molecule has 3 rings (SSSR count). The average molecular weight is 452 g/mol. The Balaban J connectivity index is 1.98. The molecule has 0 aromatic heterocycles. The first-order valence-corrected chi connectivity index (χ1v) is 10.6. The van der Waals surface area contributed by atoms with Crippen molar-refractivity contribution < 1.29 is 8.42 Å². The molecule has 0 spiro atoms. The minimum atomic E-state index is -3.90. The summed E-state index contributed by atoms with van der Waals surface area (Å²) in [7, 11) is -3.90. The van der Waals surface area contributed by atoms with Gasteiger partial charge in [-0.05, 0) is 36.2 Å². The van der Waals surface area contributed by atoms with Crippen molar-refractivity contribution in [3.05, 3.63) is 68.1 Å². The van der Waals surface area contributed by atoms with E-state index in [-0.39, 0.29) is 22.4 Å². The zero-order chi connectivity index (χ0) is 19.1. The Bertz CT molecular complexity index is 992. The molecule has 0 amide bonds. The highest BCUT2D eigenvalue weighted by Crippen LogP contribution is 2.31. The molecule has 9 heteroatoms. The van der Waals surface area contributed by atoms with Crippen molar-refractivity contribution in [3.63, 3.8) is 0 Å². The summed E-state index contributed by atoms with van der Waals surface area (Å²) in [6, 6.07) is 9.44. The largest absolute Gasteiger partial charge is 0.305 e. The van der Waals surface area contributed by atoms with Gasteiger partial charge in [-0.15, -0.1) is 4.41 Å². The van der Waals surface area contributed by atoms with Crippen LogP contribution < -0.4 is 5.43 Å². The topological polar surface area (TPSA) is 49.4 Å². The molecule has 26 heavy (non-hydrogen) atoms. The third-order valence-electron chi connectivity index (χ3n) is 3.84. The summed E-state index contributed by atoms with van der Waals surface area (Å²) in [6.45, 7) is 2.16. The summed E-state index contributed by atoms with van der Waals surface area (Å²) in [6.07, 6.45) is 1.94. The van der Waals surface area contributed by atoms with Gasteiger partial charge in [-0.25, -0.2) is 8.42 Å². The second-order valence-corrected chi connectivity index (χ2v) is 9.40. The van der Waals surface area contributed by atoms with Crippen molar-refractivity contribution in [2.75, 3.05) is 6.54 Å². The molecule has 2 aromatic rings. The van der Waals surface area contributed by atoms with E-state index in [4.69, 9.17) is 46.4 Å². The van der Waals surface area contributed by atoms with Crippen LogP contribution in [0.5, 0.6) is 0 Å². The van der Waals surface area contributed by atoms with E-state index in [1.54, 1.807) is 18.2 Å². The number of hydrazine groups is 1. The number of hydrogen-bond acceptors (Lipinski definition) is 3. The number of benzene rings is 2. The Kier molecular flexibility index (Phi) is 5.78. The van der Waals surface area contributed by atoms with E-state index in [0.29, 0.717) is 20.8 Å². The molecule has 2 aromatic carbocycles. The second-order valence-electron chi connectivity index (χ2n) is 5.91. The molecule has 0 saturated carbocycles. The minimum absolute atomic E-state index is 0.0339. The molecule has 4 nitrogen and oxygen atoms in total. The van der Waals surface area contributed by atoms with E-state index >= 15 is 0 Å².